The summed E-state index contributed by atoms with van der Waals surface area (Å²) in [5.41, 5.74) is 1.14. The van der Waals surface area contributed by atoms with E-state index in [1.165, 1.54) is 12.0 Å². The smallest absolute Gasteiger partial charge is 0.295 e. The van der Waals surface area contributed by atoms with E-state index in [4.69, 9.17) is 16.3 Å². The fourth-order valence-corrected chi connectivity index (χ4v) is 3.60. The molecule has 1 aliphatic rings. The molecule has 0 radical (unpaired) electrons. The zero-order valence-corrected chi connectivity index (χ0v) is 17.4. The molecule has 2 N–H and O–H groups in total. The number of likely N-dealkylation sites (N-methyl/N-ethyl adjacent to an activating group) is 1. The monoisotopic (exact) mass is 415 g/mol. The zero-order chi connectivity index (χ0) is 21.1. The van der Waals surface area contributed by atoms with Gasteiger partial charge in [-0.2, -0.15) is 0 Å². The number of quaternary nitrogens is 1. The molecule has 0 bridgehead atoms. The van der Waals surface area contributed by atoms with E-state index >= 15 is 0 Å². The van der Waals surface area contributed by atoms with E-state index in [0.717, 1.165) is 4.90 Å². The first-order valence-electron chi connectivity index (χ1n) is 9.30. The highest BCUT2D eigenvalue weighted by Crippen LogP contribution is 2.40. The Hall–Kier alpha value is -2.83. The second-order valence-corrected chi connectivity index (χ2v) is 7.67. The molecule has 0 unspecified atom stereocenters. The maximum Gasteiger partial charge on any atom is 0.295 e. The van der Waals surface area contributed by atoms with Crippen LogP contribution in [-0.4, -0.2) is 56.0 Å². The predicted octanol–water partition coefficient (Wildman–Crippen LogP) is 1.91. The van der Waals surface area contributed by atoms with Crippen LogP contribution < -0.4 is 9.64 Å². The fourth-order valence-electron chi connectivity index (χ4n) is 3.40. The minimum atomic E-state index is -0.709. The molecule has 7 heteroatoms. The Balaban J connectivity index is 2.16. The maximum atomic E-state index is 12.9. The molecule has 0 spiro atoms. The molecule has 1 atom stereocenters. The lowest BCUT2D eigenvalue weighted by molar-refractivity contribution is -0.857. The first-order valence-corrected chi connectivity index (χ1v) is 9.68. The van der Waals surface area contributed by atoms with Crippen LogP contribution >= 0.6 is 11.6 Å². The molecular formula is C22H24ClN2O4+. The van der Waals surface area contributed by atoms with E-state index in [1.807, 2.05) is 14.1 Å². The number of amides is 1. The second-order valence-electron chi connectivity index (χ2n) is 7.24. The number of aliphatic hydroxyl groups excluding tert-OH is 1. The van der Waals surface area contributed by atoms with E-state index in [0.29, 0.717) is 35.0 Å². The largest absolute Gasteiger partial charge is 0.507 e. The average Bonchev–Trinajstić information content (AvgIpc) is 2.96. The van der Waals surface area contributed by atoms with Gasteiger partial charge in [0.2, 0.25) is 0 Å². The molecule has 3 rings (SSSR count). The number of aliphatic hydroxyl groups is 1. The molecule has 1 amide bonds. The minimum Gasteiger partial charge on any atom is -0.507 e. The minimum absolute atomic E-state index is 0.0549. The van der Waals surface area contributed by atoms with Crippen LogP contribution in [0.2, 0.25) is 5.02 Å². The third-order valence-corrected chi connectivity index (χ3v) is 5.14. The number of rotatable bonds is 6. The van der Waals surface area contributed by atoms with Crippen LogP contribution in [0.15, 0.2) is 54.1 Å². The molecule has 0 aliphatic carbocycles. The summed E-state index contributed by atoms with van der Waals surface area (Å²) in [5.74, 6) is -1.02. The van der Waals surface area contributed by atoms with Crippen molar-refractivity contribution in [2.24, 2.45) is 0 Å². The summed E-state index contributed by atoms with van der Waals surface area (Å²) in [6.45, 7) is 1.03. The van der Waals surface area contributed by atoms with Gasteiger partial charge < -0.3 is 19.6 Å². The van der Waals surface area contributed by atoms with Crippen molar-refractivity contribution in [3.05, 3.63) is 70.3 Å². The summed E-state index contributed by atoms with van der Waals surface area (Å²) >= 11 is 6.17. The first kappa shape index (κ1) is 20.9. The van der Waals surface area contributed by atoms with Gasteiger partial charge >= 0.3 is 0 Å². The lowest BCUT2D eigenvalue weighted by Gasteiger charge is -2.25. The molecule has 29 heavy (non-hydrogen) atoms. The van der Waals surface area contributed by atoms with Gasteiger partial charge in [0.25, 0.3) is 11.7 Å². The first-order chi connectivity index (χ1) is 13.8. The highest BCUT2D eigenvalue weighted by atomic mass is 35.5. The number of benzene rings is 2. The zero-order valence-electron chi connectivity index (χ0n) is 16.6. The lowest BCUT2D eigenvalue weighted by Crippen LogP contribution is -3.06. The van der Waals surface area contributed by atoms with Gasteiger partial charge in [0.15, 0.2) is 0 Å². The number of likely N-dealkylation sites (tertiary alicyclic amines) is 1. The SMILES string of the molecule is COc1cccc(C(O)=C2C(=O)C(=O)N(CC[NH+](C)C)[C@@H]2c2cccc(Cl)c2)c1. The highest BCUT2D eigenvalue weighted by molar-refractivity contribution is 6.46. The van der Waals surface area contributed by atoms with Crippen molar-refractivity contribution in [1.82, 2.24) is 4.90 Å². The Kier molecular flexibility index (Phi) is 6.25. The normalized spacial score (nSPS) is 18.5. The van der Waals surface area contributed by atoms with Gasteiger partial charge in [-0.1, -0.05) is 35.9 Å². The molecule has 1 saturated heterocycles. The van der Waals surface area contributed by atoms with E-state index < -0.39 is 17.7 Å². The number of carbonyl (C=O) groups excluding carboxylic acids is 2. The number of Topliss-reactive ketones (excluding diaryl/α,β-unsaturated/α-hetero) is 1. The Morgan fingerprint density at radius 2 is 1.90 bits per heavy atom. The maximum absolute atomic E-state index is 12.9. The molecule has 1 fully saturated rings. The van der Waals surface area contributed by atoms with Gasteiger partial charge in [0, 0.05) is 10.6 Å². The van der Waals surface area contributed by atoms with E-state index in [1.54, 1.807) is 48.5 Å². The summed E-state index contributed by atoms with van der Waals surface area (Å²) in [6, 6.07) is 13.1. The number of carbonyl (C=O) groups is 2. The number of methoxy groups -OCH3 is 1. The van der Waals surface area contributed by atoms with E-state index in [9.17, 15) is 14.7 Å². The van der Waals surface area contributed by atoms with Crippen LogP contribution in [0.4, 0.5) is 0 Å². The molecule has 6 nitrogen and oxygen atoms in total. The van der Waals surface area contributed by atoms with Crippen LogP contribution in [0, 0.1) is 0 Å². The Morgan fingerprint density at radius 1 is 1.17 bits per heavy atom. The molecule has 1 aliphatic heterocycles. The molecule has 0 aromatic heterocycles. The van der Waals surface area contributed by atoms with Crippen LogP contribution in [0.3, 0.4) is 0 Å². The van der Waals surface area contributed by atoms with Crippen LogP contribution in [0.1, 0.15) is 17.2 Å². The van der Waals surface area contributed by atoms with Crippen molar-refractivity contribution in [3.63, 3.8) is 0 Å². The third kappa shape index (κ3) is 4.28. The Bertz CT molecular complexity index is 971. The van der Waals surface area contributed by atoms with Crippen molar-refractivity contribution in [1.29, 1.82) is 0 Å². The van der Waals surface area contributed by atoms with Gasteiger partial charge in [-0.15, -0.1) is 0 Å². The van der Waals surface area contributed by atoms with Crippen LogP contribution in [-0.2, 0) is 9.59 Å². The number of halogens is 1. The molecule has 152 valence electrons. The third-order valence-electron chi connectivity index (χ3n) is 4.90. The molecule has 2 aromatic rings. The molecule has 0 saturated carbocycles. The van der Waals surface area contributed by atoms with Crippen molar-refractivity contribution >= 4 is 29.1 Å². The Labute approximate surface area is 174 Å². The van der Waals surface area contributed by atoms with Crippen molar-refractivity contribution in [2.75, 3.05) is 34.3 Å². The number of nitrogens with one attached hydrogen (secondary N) is 1. The number of hydrogen-bond acceptors (Lipinski definition) is 4. The number of ether oxygens (including phenoxy) is 1. The van der Waals surface area contributed by atoms with E-state index in [-0.39, 0.29) is 11.3 Å². The number of ketones is 1. The highest BCUT2D eigenvalue weighted by Gasteiger charge is 2.46. The average molecular weight is 416 g/mol. The topological polar surface area (TPSA) is 71.3 Å². The lowest BCUT2D eigenvalue weighted by atomic mass is 9.95. The summed E-state index contributed by atoms with van der Waals surface area (Å²) in [6.07, 6.45) is 0. The van der Waals surface area contributed by atoms with Gasteiger partial charge in [-0.05, 0) is 29.8 Å². The summed E-state index contributed by atoms with van der Waals surface area (Å²) < 4.78 is 5.21. The quantitative estimate of drug-likeness (QED) is 0.429. The van der Waals surface area contributed by atoms with Crippen molar-refractivity contribution < 1.29 is 24.3 Å². The molecule has 1 heterocycles. The van der Waals surface area contributed by atoms with Gasteiger partial charge in [0.1, 0.15) is 11.5 Å². The summed E-state index contributed by atoms with van der Waals surface area (Å²) in [7, 11) is 5.47. The van der Waals surface area contributed by atoms with Gasteiger partial charge in [-0.25, -0.2) is 0 Å². The summed E-state index contributed by atoms with van der Waals surface area (Å²) in [5, 5.41) is 11.5. The van der Waals surface area contributed by atoms with Gasteiger partial charge in [0.05, 0.1) is 45.9 Å². The molecule has 2 aromatic carbocycles. The molecular weight excluding hydrogens is 392 g/mol. The van der Waals surface area contributed by atoms with Crippen LogP contribution in [0.25, 0.3) is 5.76 Å². The van der Waals surface area contributed by atoms with Crippen molar-refractivity contribution in [2.45, 2.75) is 6.04 Å². The van der Waals surface area contributed by atoms with Crippen LogP contribution in [0.5, 0.6) is 5.75 Å². The Morgan fingerprint density at radius 3 is 2.55 bits per heavy atom. The fraction of sp³-hybridized carbons (Fsp3) is 0.273. The van der Waals surface area contributed by atoms with Crippen molar-refractivity contribution in [3.8, 4) is 5.75 Å². The number of nitrogens with zero attached hydrogens (tertiary/aromatic N) is 1. The second kappa shape index (κ2) is 8.68. The predicted molar refractivity (Wildman–Crippen MR) is 111 cm³/mol. The summed E-state index contributed by atoms with van der Waals surface area (Å²) in [4.78, 5) is 28.4. The van der Waals surface area contributed by atoms with Gasteiger partial charge in [-0.3, -0.25) is 9.59 Å². The standard InChI is InChI=1S/C22H23ClN2O4/c1-24(2)10-11-25-19(14-6-4-8-16(23)12-14)18(21(27)22(25)28)20(26)15-7-5-9-17(13-15)29-3/h4-9,12-13,19,26H,10-11H2,1-3H3/p+1/t19-/m1/s1. The van der Waals surface area contributed by atoms with E-state index in [2.05, 4.69) is 0 Å². The number of hydrogen-bond donors (Lipinski definition) is 2.